The standard InChI is InChI=1S/C10H20FN.C10H21N.C9H17F2N.C9H18FN.C9H19N.C8H17NO.2C8H17N/c1-9(2,3)12-7-5-6-10(4,11)8-12;1-9-6-5-7-11(8-9)10(2,3)4;1-8(2,3)12-6-4-9(10,11)5-7-12;1-9(2,3)11-6-4-8(10)5-7-11;1-9(2,3)10-7-5-4-6-8-10;1-8(2,3)9-4-6-10-7-5-9;1-8(2,3)9(4)7-5-6-7;1-8(2,3)9-6-4-5-7-9/h5-8H2,1-4H3;9H,5-8H2,1-4H3;4-7H2,1-3H3;8H,4-7H2,1-3H3;4-8H2,1-3H3;4-7H2,1-3H3;7H,5-6H2,1-4H3;4-7H2,1-3H3. The average Bonchev–Trinajstić information content (AvgIpc) is 3.80. The monoisotopic (exact) mass is 1200 g/mol. The van der Waals surface area contributed by atoms with Crippen LogP contribution < -0.4 is 0 Å². The number of hydrogen-bond acceptors (Lipinski definition) is 9. The summed E-state index contributed by atoms with van der Waals surface area (Å²) in [6.45, 7) is 73.9. The molecular weight excluding hydrogens is 1060 g/mol. The number of halogens is 4. The third-order valence-electron chi connectivity index (χ3n) is 18.5. The maximum atomic E-state index is 13.6. The molecule has 0 aromatic heterocycles. The van der Waals surface area contributed by atoms with E-state index < -0.39 is 17.8 Å². The summed E-state index contributed by atoms with van der Waals surface area (Å²) >= 11 is 0. The molecule has 1 aliphatic carbocycles. The summed E-state index contributed by atoms with van der Waals surface area (Å²) < 4.78 is 57.1. The molecule has 0 bridgehead atoms. The number of nitrogens with zero attached hydrogens (tertiary/aromatic N) is 8. The van der Waals surface area contributed by atoms with Gasteiger partial charge in [0.05, 0.1) is 13.2 Å². The van der Waals surface area contributed by atoms with E-state index in [0.29, 0.717) is 47.3 Å². The number of morpholine rings is 1. The van der Waals surface area contributed by atoms with Crippen molar-refractivity contribution in [3.63, 3.8) is 0 Å². The molecule has 13 heteroatoms. The Labute approximate surface area is 521 Å². The van der Waals surface area contributed by atoms with Gasteiger partial charge in [0.25, 0.3) is 5.92 Å². The van der Waals surface area contributed by atoms with Gasteiger partial charge in [-0.1, -0.05) is 13.3 Å². The minimum atomic E-state index is -2.41. The molecule has 9 nitrogen and oxygen atoms in total. The second kappa shape index (κ2) is 35.3. The maximum Gasteiger partial charge on any atom is 0.250 e. The zero-order chi connectivity index (χ0) is 65.0. The number of piperidine rings is 5. The lowest BCUT2D eigenvalue weighted by Gasteiger charge is -2.43. The molecular formula is C71H146F4N8O. The van der Waals surface area contributed by atoms with E-state index in [2.05, 4.69) is 219 Å². The van der Waals surface area contributed by atoms with Crippen LogP contribution in [0, 0.1) is 5.92 Å². The van der Waals surface area contributed by atoms with E-state index in [1.807, 2.05) is 0 Å². The number of likely N-dealkylation sites (tertiary alicyclic amines) is 6. The van der Waals surface area contributed by atoms with Gasteiger partial charge in [-0.25, -0.2) is 17.6 Å². The van der Waals surface area contributed by atoms with E-state index in [4.69, 9.17) is 4.74 Å². The molecule has 0 aromatic rings. The summed E-state index contributed by atoms with van der Waals surface area (Å²) in [5.74, 6) is -1.51. The lowest BCUT2D eigenvalue weighted by molar-refractivity contribution is -0.0713. The fraction of sp³-hybridized carbons (Fsp3) is 1.00. The number of alkyl halides is 4. The first kappa shape index (κ1) is 81.4. The van der Waals surface area contributed by atoms with E-state index in [1.54, 1.807) is 6.92 Å². The first-order valence-corrected chi connectivity index (χ1v) is 34.2. The molecule has 84 heavy (non-hydrogen) atoms. The van der Waals surface area contributed by atoms with E-state index in [-0.39, 0.29) is 29.5 Å². The van der Waals surface area contributed by atoms with Crippen molar-refractivity contribution in [2.24, 2.45) is 5.92 Å². The second-order valence-electron chi connectivity index (χ2n) is 34.7. The zero-order valence-electron chi connectivity index (χ0n) is 61.2. The summed E-state index contributed by atoms with van der Waals surface area (Å²) in [6, 6.07) is 0.894. The van der Waals surface area contributed by atoms with Crippen molar-refractivity contribution in [2.75, 3.05) is 112 Å². The van der Waals surface area contributed by atoms with Gasteiger partial charge in [-0.3, -0.25) is 39.2 Å². The van der Waals surface area contributed by atoms with Crippen LogP contribution in [0.4, 0.5) is 17.6 Å². The van der Waals surface area contributed by atoms with Crippen molar-refractivity contribution >= 4 is 0 Å². The van der Waals surface area contributed by atoms with Gasteiger partial charge < -0.3 is 4.74 Å². The highest BCUT2D eigenvalue weighted by molar-refractivity contribution is 4.91. The molecule has 2 unspecified atom stereocenters. The lowest BCUT2D eigenvalue weighted by Crippen LogP contribution is -2.51. The summed E-state index contributed by atoms with van der Waals surface area (Å²) in [5.41, 5.74) is 1.31. The van der Waals surface area contributed by atoms with Crippen LogP contribution in [0.5, 0.6) is 0 Å². The molecule has 8 rings (SSSR count). The molecule has 0 amide bonds. The Balaban J connectivity index is 0.000000481. The van der Waals surface area contributed by atoms with Crippen molar-refractivity contribution in [1.82, 2.24) is 39.2 Å². The minimum absolute atomic E-state index is 0.0181. The van der Waals surface area contributed by atoms with Crippen molar-refractivity contribution in [3.05, 3.63) is 0 Å². The van der Waals surface area contributed by atoms with E-state index in [9.17, 15) is 17.6 Å². The molecule has 8 aliphatic rings. The Morgan fingerprint density at radius 1 is 0.381 bits per heavy atom. The highest BCUT2D eigenvalue weighted by Crippen LogP contribution is 2.33. The van der Waals surface area contributed by atoms with Gasteiger partial charge >= 0.3 is 0 Å². The highest BCUT2D eigenvalue weighted by Gasteiger charge is 2.38. The van der Waals surface area contributed by atoms with Crippen molar-refractivity contribution in [3.8, 4) is 0 Å². The molecule has 7 saturated heterocycles. The van der Waals surface area contributed by atoms with E-state index in [1.165, 1.54) is 97.1 Å². The van der Waals surface area contributed by atoms with Crippen molar-refractivity contribution < 1.29 is 22.3 Å². The van der Waals surface area contributed by atoms with Gasteiger partial charge in [-0.05, 0) is 302 Å². The molecule has 2 atom stereocenters. The highest BCUT2D eigenvalue weighted by atomic mass is 19.3. The van der Waals surface area contributed by atoms with Crippen molar-refractivity contribution in [1.29, 1.82) is 0 Å². The predicted octanol–water partition coefficient (Wildman–Crippen LogP) is 17.0. The first-order valence-electron chi connectivity index (χ1n) is 34.2. The molecule has 504 valence electrons. The Morgan fingerprint density at radius 3 is 1.00 bits per heavy atom. The second-order valence-corrected chi connectivity index (χ2v) is 34.7. The molecule has 7 aliphatic heterocycles. The topological polar surface area (TPSA) is 35.2 Å². The number of ether oxygens (including phenoxy) is 1. The molecule has 8 fully saturated rings. The molecule has 7 heterocycles. The average molecular weight is 1200 g/mol. The Bertz CT molecular complexity index is 1640. The van der Waals surface area contributed by atoms with Crippen LogP contribution in [-0.4, -0.2) is 219 Å². The molecule has 0 spiro atoms. The lowest BCUT2D eigenvalue weighted by atomic mass is 9.92. The molecule has 0 radical (unpaired) electrons. The van der Waals surface area contributed by atoms with E-state index in [0.717, 1.165) is 83.6 Å². The van der Waals surface area contributed by atoms with Crippen LogP contribution in [0.1, 0.15) is 276 Å². The van der Waals surface area contributed by atoms with E-state index >= 15 is 0 Å². The number of rotatable bonds is 1. The molecule has 1 saturated carbocycles. The van der Waals surface area contributed by atoms with Crippen LogP contribution in [-0.2, 0) is 4.74 Å². The Morgan fingerprint density at radius 2 is 0.714 bits per heavy atom. The summed E-state index contributed by atoms with van der Waals surface area (Å²) in [6.07, 6.45) is 15.3. The quantitative estimate of drug-likeness (QED) is 0.239. The maximum absolute atomic E-state index is 13.6. The van der Waals surface area contributed by atoms with Gasteiger partial charge in [-0.15, -0.1) is 0 Å². The third kappa shape index (κ3) is 35.7. The first-order chi connectivity index (χ1) is 38.0. The minimum Gasteiger partial charge on any atom is -0.379 e. The van der Waals surface area contributed by atoms with Gasteiger partial charge in [0.1, 0.15) is 11.8 Å². The van der Waals surface area contributed by atoms with Crippen LogP contribution in [0.15, 0.2) is 0 Å². The van der Waals surface area contributed by atoms with Gasteiger partial charge in [-0.2, -0.15) is 0 Å². The number of hydrogen-bond donors (Lipinski definition) is 0. The molecule has 0 aromatic carbocycles. The fourth-order valence-electron chi connectivity index (χ4n) is 11.8. The smallest absolute Gasteiger partial charge is 0.250 e. The van der Waals surface area contributed by atoms with Crippen LogP contribution in [0.2, 0.25) is 0 Å². The normalized spacial score (nSPS) is 25.6. The third-order valence-corrected chi connectivity index (χ3v) is 18.5. The van der Waals surface area contributed by atoms with Crippen molar-refractivity contribution in [2.45, 2.75) is 344 Å². The van der Waals surface area contributed by atoms with Gasteiger partial charge in [0.15, 0.2) is 0 Å². The van der Waals surface area contributed by atoms with Crippen LogP contribution in [0.25, 0.3) is 0 Å². The largest absolute Gasteiger partial charge is 0.379 e. The zero-order valence-corrected chi connectivity index (χ0v) is 61.2. The van der Waals surface area contributed by atoms with Crippen LogP contribution >= 0.6 is 0 Å². The van der Waals surface area contributed by atoms with Gasteiger partial charge in [0.2, 0.25) is 0 Å². The summed E-state index contributed by atoms with van der Waals surface area (Å²) in [7, 11) is 2.22. The molecule has 0 N–H and O–H groups in total. The summed E-state index contributed by atoms with van der Waals surface area (Å²) in [4.78, 5) is 19.3. The Hall–Kier alpha value is -0.640. The predicted molar refractivity (Wildman–Crippen MR) is 359 cm³/mol. The SMILES string of the molecule is CC(C)(C)N1CCC(F)(F)CC1.CC(C)(C)N1CCC(F)CC1.CC(C)(C)N1CCCC1.CC(C)(C)N1CCCCC1.CC(C)(C)N1CCOCC1.CC1(F)CCCN(C(C)(C)C)C1.CC1CCCN(C(C)(C)C)C1.CN(C1CC1)C(C)(C)C. The summed E-state index contributed by atoms with van der Waals surface area (Å²) in [5, 5.41) is 0. The van der Waals surface area contributed by atoms with Crippen LogP contribution in [0.3, 0.4) is 0 Å². The Kier molecular flexibility index (Phi) is 34.1. The fourth-order valence-corrected chi connectivity index (χ4v) is 11.8. The van der Waals surface area contributed by atoms with Gasteiger partial charge in [0, 0.05) is 116 Å².